The van der Waals surface area contributed by atoms with Gasteiger partial charge in [-0.05, 0) is 36.8 Å². The molecule has 2 aromatic rings. The molecule has 2 N–H and O–H groups in total. The third kappa shape index (κ3) is 5.39. The fourth-order valence-electron chi connectivity index (χ4n) is 3.39. The molecule has 0 spiro atoms. The first-order valence-electron chi connectivity index (χ1n) is 9.55. The van der Waals surface area contributed by atoms with Crippen LogP contribution in [0.2, 0.25) is 0 Å². The Labute approximate surface area is 185 Å². The fourth-order valence-corrected chi connectivity index (χ4v) is 3.39. The zero-order valence-electron chi connectivity index (χ0n) is 17.2. The molecule has 3 rings (SSSR count). The number of ether oxygens (including phenoxy) is 2. The molecule has 0 radical (unpaired) electrons. The lowest BCUT2D eigenvalue weighted by atomic mass is 9.84. The summed E-state index contributed by atoms with van der Waals surface area (Å²) in [5.74, 6) is -0.658. The van der Waals surface area contributed by atoms with Crippen molar-refractivity contribution >= 4 is 11.8 Å². The SMILES string of the molecule is C#CCOc1ccc(C(=O)Cc2cc(F)c(F)c([C@]3(C)C[C@@H](C(F)(F)F)OC(N)=N3)c2)nc1. The molecule has 1 aliphatic heterocycles. The lowest BCUT2D eigenvalue weighted by Gasteiger charge is -2.36. The maximum absolute atomic E-state index is 14.6. The minimum Gasteiger partial charge on any atom is -0.479 e. The highest BCUT2D eigenvalue weighted by molar-refractivity contribution is 5.95. The molecule has 0 unspecified atom stereocenters. The number of amidine groups is 1. The summed E-state index contributed by atoms with van der Waals surface area (Å²) in [4.78, 5) is 20.3. The van der Waals surface area contributed by atoms with Crippen LogP contribution in [-0.2, 0) is 16.7 Å². The van der Waals surface area contributed by atoms with E-state index in [1.165, 1.54) is 25.3 Å². The van der Waals surface area contributed by atoms with E-state index in [4.69, 9.17) is 16.9 Å². The minimum absolute atomic E-state index is 0.0125. The summed E-state index contributed by atoms with van der Waals surface area (Å²) in [7, 11) is 0. The number of aliphatic imine (C=N–C) groups is 1. The number of benzene rings is 1. The summed E-state index contributed by atoms with van der Waals surface area (Å²) in [5, 5.41) is 0. The number of alkyl halides is 3. The zero-order valence-corrected chi connectivity index (χ0v) is 17.2. The Kier molecular flexibility index (Phi) is 6.58. The second-order valence-corrected chi connectivity index (χ2v) is 7.49. The Morgan fingerprint density at radius 2 is 2.09 bits per heavy atom. The topological polar surface area (TPSA) is 86.8 Å². The third-order valence-electron chi connectivity index (χ3n) is 4.95. The summed E-state index contributed by atoms with van der Waals surface area (Å²) >= 11 is 0. The maximum atomic E-state index is 14.6. The molecule has 1 aromatic heterocycles. The third-order valence-corrected chi connectivity index (χ3v) is 4.95. The lowest BCUT2D eigenvalue weighted by molar-refractivity contribution is -0.208. The molecule has 2 heterocycles. The van der Waals surface area contributed by atoms with Crippen molar-refractivity contribution in [3.63, 3.8) is 0 Å². The second kappa shape index (κ2) is 9.05. The quantitative estimate of drug-likeness (QED) is 0.398. The van der Waals surface area contributed by atoms with Crippen molar-refractivity contribution in [1.29, 1.82) is 0 Å². The van der Waals surface area contributed by atoms with Crippen molar-refractivity contribution in [3.8, 4) is 18.1 Å². The first-order valence-corrected chi connectivity index (χ1v) is 9.55. The van der Waals surface area contributed by atoms with Crippen molar-refractivity contribution in [3.05, 3.63) is 58.9 Å². The van der Waals surface area contributed by atoms with E-state index in [9.17, 15) is 26.7 Å². The predicted molar refractivity (Wildman–Crippen MR) is 107 cm³/mol. The standard InChI is InChI=1S/C22H18F5N3O3/c1-3-6-32-13-4-5-16(29-11-13)17(31)9-12-7-14(19(24)15(23)8-12)21(2)10-18(22(25,26)27)33-20(28)30-21/h1,4-5,7-8,11,18H,6,9-10H2,2H3,(H2,28,30)/t18-,21-/m0/s1. The molecule has 0 fully saturated rings. The van der Waals surface area contributed by atoms with Crippen molar-refractivity contribution in [2.45, 2.75) is 37.6 Å². The van der Waals surface area contributed by atoms with E-state index >= 15 is 0 Å². The number of Topliss-reactive ketones (excluding diaryl/α,β-unsaturated/α-hetero) is 1. The van der Waals surface area contributed by atoms with E-state index in [0.29, 0.717) is 5.75 Å². The molecule has 0 saturated carbocycles. The van der Waals surface area contributed by atoms with Crippen LogP contribution in [0.4, 0.5) is 22.0 Å². The zero-order chi connectivity index (χ0) is 24.4. The fraction of sp³-hybridized carbons (Fsp3) is 0.318. The predicted octanol–water partition coefficient (Wildman–Crippen LogP) is 3.68. The molecule has 33 heavy (non-hydrogen) atoms. The molecule has 1 aromatic carbocycles. The van der Waals surface area contributed by atoms with Crippen molar-refractivity contribution in [1.82, 2.24) is 4.98 Å². The number of terminal acetylenes is 1. The van der Waals surface area contributed by atoms with Gasteiger partial charge in [-0.2, -0.15) is 13.2 Å². The second-order valence-electron chi connectivity index (χ2n) is 7.49. The van der Waals surface area contributed by atoms with E-state index in [-0.39, 0.29) is 17.9 Å². The number of pyridine rings is 1. The minimum atomic E-state index is -4.80. The molecule has 11 heteroatoms. The van der Waals surface area contributed by atoms with Crippen molar-refractivity contribution in [2.24, 2.45) is 10.7 Å². The van der Waals surface area contributed by atoms with Gasteiger partial charge in [-0.1, -0.05) is 5.92 Å². The van der Waals surface area contributed by atoms with E-state index in [0.717, 1.165) is 12.1 Å². The molecule has 0 aliphatic carbocycles. The number of carbonyl (C=O) groups excluding carboxylic acids is 1. The molecule has 6 nitrogen and oxygen atoms in total. The summed E-state index contributed by atoms with van der Waals surface area (Å²) < 4.78 is 78.3. The van der Waals surface area contributed by atoms with Gasteiger partial charge >= 0.3 is 6.18 Å². The molecule has 0 saturated heterocycles. The highest BCUT2D eigenvalue weighted by Crippen LogP contribution is 2.41. The monoisotopic (exact) mass is 467 g/mol. The summed E-state index contributed by atoms with van der Waals surface area (Å²) in [6.07, 6.45) is -2.01. The smallest absolute Gasteiger partial charge is 0.425 e. The van der Waals surface area contributed by atoms with Gasteiger partial charge in [-0.15, -0.1) is 6.42 Å². The van der Waals surface area contributed by atoms with Gasteiger partial charge in [0.25, 0.3) is 6.02 Å². The van der Waals surface area contributed by atoms with Gasteiger partial charge in [0.1, 0.15) is 18.1 Å². The molecule has 0 amide bonds. The Morgan fingerprint density at radius 3 is 2.70 bits per heavy atom. The van der Waals surface area contributed by atoms with E-state index in [1.54, 1.807) is 0 Å². The number of carbonyl (C=O) groups is 1. The van der Waals surface area contributed by atoms with E-state index in [1.807, 2.05) is 0 Å². The highest BCUT2D eigenvalue weighted by Gasteiger charge is 2.50. The molecule has 2 atom stereocenters. The first-order chi connectivity index (χ1) is 15.4. The summed E-state index contributed by atoms with van der Waals surface area (Å²) in [6, 6.07) is 3.91. The van der Waals surface area contributed by atoms with Gasteiger partial charge < -0.3 is 15.2 Å². The number of rotatable bonds is 6. The lowest BCUT2D eigenvalue weighted by Crippen LogP contribution is -2.46. The largest absolute Gasteiger partial charge is 0.479 e. The highest BCUT2D eigenvalue weighted by atomic mass is 19.4. The van der Waals surface area contributed by atoms with Crippen LogP contribution in [0.1, 0.15) is 35.0 Å². The number of hydrogen-bond acceptors (Lipinski definition) is 6. The van der Waals surface area contributed by atoms with Crippen LogP contribution >= 0.6 is 0 Å². The van der Waals surface area contributed by atoms with Gasteiger partial charge in [0.15, 0.2) is 23.5 Å². The van der Waals surface area contributed by atoms with Crippen molar-refractivity contribution < 1.29 is 36.2 Å². The Balaban J connectivity index is 1.89. The number of ketones is 1. The van der Waals surface area contributed by atoms with Gasteiger partial charge in [0.05, 0.1) is 11.7 Å². The number of hydrogen-bond donors (Lipinski definition) is 1. The van der Waals surface area contributed by atoms with Crippen LogP contribution in [0.5, 0.6) is 5.75 Å². The van der Waals surface area contributed by atoms with Gasteiger partial charge in [-0.3, -0.25) is 4.79 Å². The molecule has 1 aliphatic rings. The Hall–Kier alpha value is -3.68. The molecular formula is C22H18F5N3O3. The summed E-state index contributed by atoms with van der Waals surface area (Å²) in [5.41, 5.74) is 3.08. The van der Waals surface area contributed by atoms with Gasteiger partial charge in [0, 0.05) is 18.4 Å². The number of nitrogens with zero attached hydrogens (tertiary/aromatic N) is 2. The number of aromatic nitrogens is 1. The molecule has 0 bridgehead atoms. The average molecular weight is 467 g/mol. The number of halogens is 5. The first kappa shape index (κ1) is 24.0. The Morgan fingerprint density at radius 1 is 1.36 bits per heavy atom. The van der Waals surface area contributed by atoms with E-state index in [2.05, 4.69) is 20.6 Å². The van der Waals surface area contributed by atoms with Crippen LogP contribution in [0.25, 0.3) is 0 Å². The average Bonchev–Trinajstić information content (AvgIpc) is 2.73. The van der Waals surface area contributed by atoms with Gasteiger partial charge in [0.2, 0.25) is 0 Å². The van der Waals surface area contributed by atoms with E-state index < -0.39 is 59.7 Å². The van der Waals surface area contributed by atoms with Crippen LogP contribution < -0.4 is 10.5 Å². The van der Waals surface area contributed by atoms with Crippen LogP contribution in [0.15, 0.2) is 35.5 Å². The molecular weight excluding hydrogens is 449 g/mol. The van der Waals surface area contributed by atoms with Crippen LogP contribution in [-0.4, -0.2) is 35.7 Å². The normalized spacial score (nSPS) is 20.4. The maximum Gasteiger partial charge on any atom is 0.425 e. The van der Waals surface area contributed by atoms with Crippen molar-refractivity contribution in [2.75, 3.05) is 6.61 Å². The number of nitrogens with two attached hydrogens (primary N) is 1. The molecule has 174 valence electrons. The Bertz CT molecular complexity index is 1130. The van der Waals surface area contributed by atoms with Crippen LogP contribution in [0.3, 0.4) is 0 Å². The summed E-state index contributed by atoms with van der Waals surface area (Å²) in [6.45, 7) is 1.19. The van der Waals surface area contributed by atoms with Crippen LogP contribution in [0, 0.1) is 24.0 Å². The van der Waals surface area contributed by atoms with Gasteiger partial charge in [-0.25, -0.2) is 18.8 Å².